The molecule has 1 N–H and O–H groups in total. The number of nitrogens with zero attached hydrogens (tertiary/aromatic N) is 5. The highest BCUT2D eigenvalue weighted by molar-refractivity contribution is 5.94. The maximum absolute atomic E-state index is 16.0. The topological polar surface area (TPSA) is 80.7 Å². The van der Waals surface area contributed by atoms with Crippen LogP contribution in [-0.4, -0.2) is 58.9 Å². The molecule has 1 unspecified atom stereocenters. The fourth-order valence-corrected chi connectivity index (χ4v) is 5.79. The SMILES string of the molecule is C[C@@H]1CN2c3c(cc4c(-c5nccn5C)noc4c3F)CC3(C=NCNC3)[C@H]2[C@H](C)O1. The van der Waals surface area contributed by atoms with Crippen LogP contribution in [0.15, 0.2) is 28.0 Å². The molecule has 8 nitrogen and oxygen atoms in total. The van der Waals surface area contributed by atoms with Crippen molar-refractivity contribution in [3.8, 4) is 11.5 Å². The molecular weight excluding hydrogens is 399 g/mol. The van der Waals surface area contributed by atoms with E-state index in [0.29, 0.717) is 42.2 Å². The van der Waals surface area contributed by atoms with Crippen LogP contribution in [0.5, 0.6) is 0 Å². The minimum atomic E-state index is -0.359. The van der Waals surface area contributed by atoms with Gasteiger partial charge in [0.25, 0.3) is 0 Å². The summed E-state index contributed by atoms with van der Waals surface area (Å²) < 4.78 is 29.6. The van der Waals surface area contributed by atoms with Crippen molar-refractivity contribution in [2.45, 2.75) is 38.5 Å². The molecule has 9 heteroatoms. The van der Waals surface area contributed by atoms with Crippen molar-refractivity contribution in [1.29, 1.82) is 0 Å². The van der Waals surface area contributed by atoms with Gasteiger partial charge in [0.1, 0.15) is 0 Å². The van der Waals surface area contributed by atoms with Crippen molar-refractivity contribution in [1.82, 2.24) is 20.0 Å². The molecule has 0 saturated carbocycles. The number of hydrogen-bond donors (Lipinski definition) is 1. The van der Waals surface area contributed by atoms with Gasteiger partial charge in [0.05, 0.1) is 36.0 Å². The van der Waals surface area contributed by atoms with Gasteiger partial charge in [-0.3, -0.25) is 10.3 Å². The minimum absolute atomic E-state index is 0.00399. The molecule has 3 aromatic rings. The number of aliphatic imine (C=N–C) groups is 1. The van der Waals surface area contributed by atoms with Gasteiger partial charge in [-0.05, 0) is 31.9 Å². The first-order valence-electron chi connectivity index (χ1n) is 10.7. The van der Waals surface area contributed by atoms with Crippen molar-refractivity contribution >= 4 is 22.9 Å². The molecule has 1 fully saturated rings. The van der Waals surface area contributed by atoms with Gasteiger partial charge >= 0.3 is 0 Å². The summed E-state index contributed by atoms with van der Waals surface area (Å²) in [5.41, 5.74) is 2.00. The quantitative estimate of drug-likeness (QED) is 0.647. The average Bonchev–Trinajstić information content (AvgIpc) is 3.33. The van der Waals surface area contributed by atoms with E-state index in [2.05, 4.69) is 38.5 Å². The van der Waals surface area contributed by atoms with Crippen molar-refractivity contribution in [3.63, 3.8) is 0 Å². The molecule has 31 heavy (non-hydrogen) atoms. The third kappa shape index (κ3) is 2.62. The van der Waals surface area contributed by atoms with Crippen LogP contribution in [0.2, 0.25) is 0 Å². The van der Waals surface area contributed by atoms with E-state index in [1.165, 1.54) is 0 Å². The third-order valence-corrected chi connectivity index (χ3v) is 6.87. The highest BCUT2D eigenvalue weighted by atomic mass is 19.1. The molecule has 4 atom stereocenters. The summed E-state index contributed by atoms with van der Waals surface area (Å²) in [5.74, 6) is 0.290. The van der Waals surface area contributed by atoms with E-state index < -0.39 is 0 Å². The van der Waals surface area contributed by atoms with Crippen LogP contribution >= 0.6 is 0 Å². The van der Waals surface area contributed by atoms with Gasteiger partial charge in [0, 0.05) is 44.2 Å². The van der Waals surface area contributed by atoms with E-state index in [4.69, 9.17) is 9.26 Å². The fourth-order valence-electron chi connectivity index (χ4n) is 5.79. The number of anilines is 1. The maximum atomic E-state index is 16.0. The Kier molecular flexibility index (Phi) is 4.04. The molecule has 162 valence electrons. The second kappa shape index (κ2) is 6.61. The Morgan fingerprint density at radius 3 is 2.94 bits per heavy atom. The molecule has 6 rings (SSSR count). The van der Waals surface area contributed by atoms with Gasteiger partial charge in [0.2, 0.25) is 5.58 Å². The Morgan fingerprint density at radius 1 is 1.32 bits per heavy atom. The number of nitrogens with one attached hydrogen (secondary N) is 1. The number of morpholine rings is 1. The highest BCUT2D eigenvalue weighted by Crippen LogP contribution is 2.48. The van der Waals surface area contributed by atoms with Crippen LogP contribution in [0, 0.1) is 11.2 Å². The first kappa shape index (κ1) is 18.9. The molecule has 1 aromatic carbocycles. The largest absolute Gasteiger partial charge is 0.372 e. The number of benzene rings is 1. The molecule has 3 aliphatic rings. The lowest BCUT2D eigenvalue weighted by Crippen LogP contribution is -2.67. The number of aryl methyl sites for hydroxylation is 1. The van der Waals surface area contributed by atoms with Crippen LogP contribution < -0.4 is 10.2 Å². The fraction of sp³-hybridized carbons (Fsp3) is 0.500. The molecule has 0 radical (unpaired) electrons. The number of rotatable bonds is 1. The molecule has 1 saturated heterocycles. The number of aromatic nitrogens is 3. The van der Waals surface area contributed by atoms with E-state index in [-0.39, 0.29) is 35.1 Å². The summed E-state index contributed by atoms with van der Waals surface area (Å²) in [6, 6.07) is 2.01. The Labute approximate surface area is 179 Å². The maximum Gasteiger partial charge on any atom is 0.205 e. The second-order valence-corrected chi connectivity index (χ2v) is 9.02. The summed E-state index contributed by atoms with van der Waals surface area (Å²) in [4.78, 5) is 11.1. The average molecular weight is 424 g/mol. The van der Waals surface area contributed by atoms with Gasteiger partial charge in [-0.25, -0.2) is 9.37 Å². The van der Waals surface area contributed by atoms with E-state index in [0.717, 1.165) is 12.1 Å². The summed E-state index contributed by atoms with van der Waals surface area (Å²) in [7, 11) is 1.89. The molecule has 0 amide bonds. The predicted octanol–water partition coefficient (Wildman–Crippen LogP) is 2.52. The van der Waals surface area contributed by atoms with Crippen molar-refractivity contribution in [2.24, 2.45) is 17.5 Å². The van der Waals surface area contributed by atoms with Gasteiger partial charge in [-0.1, -0.05) is 5.16 Å². The Morgan fingerprint density at radius 2 is 2.19 bits per heavy atom. The monoisotopic (exact) mass is 424 g/mol. The van der Waals surface area contributed by atoms with Crippen LogP contribution in [0.25, 0.3) is 22.5 Å². The van der Waals surface area contributed by atoms with Crippen molar-refractivity contribution < 1.29 is 13.7 Å². The summed E-state index contributed by atoms with van der Waals surface area (Å²) >= 11 is 0. The van der Waals surface area contributed by atoms with Gasteiger partial charge < -0.3 is 18.7 Å². The summed E-state index contributed by atoms with van der Waals surface area (Å²) in [6.45, 7) is 6.10. The van der Waals surface area contributed by atoms with E-state index in [1.807, 2.05) is 30.8 Å². The zero-order chi connectivity index (χ0) is 21.3. The highest BCUT2D eigenvalue weighted by Gasteiger charge is 2.52. The molecule has 1 spiro atoms. The first-order valence-corrected chi connectivity index (χ1v) is 10.7. The summed E-state index contributed by atoms with van der Waals surface area (Å²) in [6.07, 6.45) is 6.21. The lowest BCUT2D eigenvalue weighted by atomic mass is 9.68. The van der Waals surface area contributed by atoms with Crippen LogP contribution in [0.4, 0.5) is 10.1 Å². The van der Waals surface area contributed by atoms with Crippen LogP contribution in [-0.2, 0) is 18.2 Å². The number of imidazole rings is 1. The Balaban J connectivity index is 1.59. The molecule has 0 aliphatic carbocycles. The Hall–Kier alpha value is -2.78. The van der Waals surface area contributed by atoms with E-state index in [9.17, 15) is 0 Å². The van der Waals surface area contributed by atoms with E-state index in [1.54, 1.807) is 6.20 Å². The zero-order valence-corrected chi connectivity index (χ0v) is 17.8. The lowest BCUT2D eigenvalue weighted by molar-refractivity contribution is -0.0522. The Bertz CT molecular complexity index is 1200. The summed E-state index contributed by atoms with van der Waals surface area (Å²) in [5, 5.41) is 8.25. The first-order chi connectivity index (χ1) is 15.0. The number of hydrogen-bond acceptors (Lipinski definition) is 7. The smallest absolute Gasteiger partial charge is 0.205 e. The van der Waals surface area contributed by atoms with Crippen molar-refractivity contribution in [3.05, 3.63) is 29.8 Å². The minimum Gasteiger partial charge on any atom is -0.372 e. The standard InChI is InChI=1S/C22H25FN6O2/c1-12-8-29-18-14(7-22(9-24-11-25-10-22)20(29)13(2)30-12)6-15-17(21-26-4-5-28(21)3)27-31-19(15)16(18)23/h4-6,9,12-13,20,25H,7-8,10-11H2,1-3H3/t12-,13+,20-,22?/m1/s1. The molecule has 2 aromatic heterocycles. The van der Waals surface area contributed by atoms with Gasteiger partial charge in [0.15, 0.2) is 17.3 Å². The van der Waals surface area contributed by atoms with Gasteiger partial charge in [-0.2, -0.15) is 0 Å². The van der Waals surface area contributed by atoms with E-state index >= 15 is 4.39 Å². The second-order valence-electron chi connectivity index (χ2n) is 9.02. The molecule has 5 heterocycles. The molecule has 0 bridgehead atoms. The number of halogens is 1. The van der Waals surface area contributed by atoms with Gasteiger partial charge in [-0.15, -0.1) is 0 Å². The lowest BCUT2D eigenvalue weighted by Gasteiger charge is -2.56. The van der Waals surface area contributed by atoms with Crippen LogP contribution in [0.3, 0.4) is 0 Å². The predicted molar refractivity (Wildman–Crippen MR) is 115 cm³/mol. The zero-order valence-electron chi connectivity index (χ0n) is 17.8. The van der Waals surface area contributed by atoms with Crippen LogP contribution in [0.1, 0.15) is 19.4 Å². The van der Waals surface area contributed by atoms with Crippen molar-refractivity contribution in [2.75, 3.05) is 24.7 Å². The number of ether oxygens (including phenoxy) is 1. The molecule has 3 aliphatic heterocycles. The molecular formula is C22H25FN6O2. The number of fused-ring (bicyclic) bond motifs is 5. The third-order valence-electron chi connectivity index (χ3n) is 6.87. The normalized spacial score (nSPS) is 30.1.